The second-order valence-electron chi connectivity index (χ2n) is 54.5. The molecule has 0 saturated carbocycles. The fourth-order valence-electron chi connectivity index (χ4n) is 28.9. The van der Waals surface area contributed by atoms with E-state index in [1.165, 1.54) is 11.8 Å². The Morgan fingerprint density at radius 3 is 1.03 bits per heavy atom. The molecule has 11 fully saturated rings. The molecule has 13 rings (SSSR count). The van der Waals surface area contributed by atoms with Gasteiger partial charge in [-0.3, -0.25) is 121 Å². The highest BCUT2D eigenvalue weighted by Gasteiger charge is 2.64. The number of amides is 16. The van der Waals surface area contributed by atoms with Gasteiger partial charge in [-0.1, -0.05) is 157 Å². The highest BCUT2D eigenvalue weighted by molar-refractivity contribution is 6.36. The van der Waals surface area contributed by atoms with Crippen LogP contribution in [0.15, 0.2) is 60.7 Å². The topological polar surface area (TPSA) is 357 Å². The van der Waals surface area contributed by atoms with Crippen LogP contribution in [0.4, 0.5) is 0 Å². The maximum atomic E-state index is 14.6. The predicted molar refractivity (Wildman–Crippen MR) is 571 cm³/mol. The van der Waals surface area contributed by atoms with Crippen LogP contribution in [0.3, 0.4) is 0 Å². The average Bonchev–Trinajstić information content (AvgIpc) is 1.57. The van der Waals surface area contributed by atoms with Gasteiger partial charge in [-0.2, -0.15) is 10.0 Å². The smallest absolute Gasteiger partial charge is 0.328 e. The number of nitrogens with zero attached hydrogens (tertiary/aromatic N) is 11. The van der Waals surface area contributed by atoms with E-state index in [2.05, 4.69) is 252 Å². The number of nitrogens with one attached hydrogen (secondary N) is 4. The van der Waals surface area contributed by atoms with Crippen LogP contribution < -0.4 is 21.5 Å². The Bertz CT molecular complexity index is 5280. The Balaban J connectivity index is 0.000000212. The molecule has 148 heavy (non-hydrogen) atoms. The van der Waals surface area contributed by atoms with Crippen LogP contribution in [0.2, 0.25) is 0 Å². The first-order valence-electron chi connectivity index (χ1n) is 55.1. The van der Waals surface area contributed by atoms with Crippen molar-refractivity contribution in [3.8, 4) is 0 Å². The van der Waals surface area contributed by atoms with Gasteiger partial charge in [-0.15, -0.1) is 0 Å². The van der Waals surface area contributed by atoms with Crippen LogP contribution in [0.5, 0.6) is 0 Å². The van der Waals surface area contributed by atoms with Crippen LogP contribution in [0, 0.1) is 94.7 Å². The summed E-state index contributed by atoms with van der Waals surface area (Å²) in [5.74, 6) is -16.1. The Hall–Kier alpha value is -9.04. The van der Waals surface area contributed by atoms with Crippen molar-refractivity contribution in [2.24, 2.45) is 94.7 Å². The summed E-state index contributed by atoms with van der Waals surface area (Å²) in [6.07, 6.45) is 10.6. The van der Waals surface area contributed by atoms with E-state index in [1.54, 1.807) is 28.7 Å². The molecule has 31 heteroatoms. The molecule has 16 amide bonds. The lowest BCUT2D eigenvalue weighted by molar-refractivity contribution is -0.153. The molecule has 2 aromatic rings. The molecular formula is C117H185N15O16. The quantitative estimate of drug-likeness (QED) is 0.0502. The Kier molecular flexibility index (Phi) is 34.7. The second kappa shape index (κ2) is 43.1. The van der Waals surface area contributed by atoms with Crippen LogP contribution in [0.1, 0.15) is 348 Å². The molecule has 2 aromatic carbocycles. The van der Waals surface area contributed by atoms with E-state index in [1.807, 2.05) is 97.2 Å². The zero-order valence-corrected chi connectivity index (χ0v) is 97.1. The minimum atomic E-state index is -1.14. The summed E-state index contributed by atoms with van der Waals surface area (Å²) >= 11 is 0. The summed E-state index contributed by atoms with van der Waals surface area (Å²) < 4.78 is 0. The molecule has 4 N–H and O–H groups in total. The average molecular weight is 2060 g/mol. The van der Waals surface area contributed by atoms with Gasteiger partial charge < -0.3 is 10.6 Å². The number of hydrazine groups is 2. The van der Waals surface area contributed by atoms with Gasteiger partial charge in [0.15, 0.2) is 0 Å². The highest BCUT2D eigenvalue weighted by atomic mass is 16.2. The molecule has 0 radical (unpaired) electrons. The lowest BCUT2D eigenvalue weighted by Crippen LogP contribution is -2.63. The molecule has 16 atom stereocenters. The third-order valence-electron chi connectivity index (χ3n) is 39.0. The molecule has 0 bridgehead atoms. The van der Waals surface area contributed by atoms with E-state index in [0.717, 1.165) is 43.2 Å². The monoisotopic (exact) mass is 2060 g/mol. The van der Waals surface area contributed by atoms with E-state index < -0.39 is 124 Å². The maximum absolute atomic E-state index is 14.6. The van der Waals surface area contributed by atoms with E-state index in [0.29, 0.717) is 93.0 Å². The fourth-order valence-corrected chi connectivity index (χ4v) is 28.9. The van der Waals surface area contributed by atoms with Crippen molar-refractivity contribution in [3.63, 3.8) is 0 Å². The normalized spacial score (nSPS) is 30.3. The minimum Gasteiger partial charge on any atom is -0.345 e. The Morgan fingerprint density at radius 1 is 0.331 bits per heavy atom. The molecule has 16 unspecified atom stereocenters. The minimum absolute atomic E-state index is 0.00627. The van der Waals surface area contributed by atoms with Gasteiger partial charge in [0.2, 0.25) is 47.3 Å². The lowest BCUT2D eigenvalue weighted by Gasteiger charge is -2.55. The molecule has 11 heterocycles. The van der Waals surface area contributed by atoms with Gasteiger partial charge >= 0.3 is 23.6 Å². The number of hydrogen-bond acceptors (Lipinski definition) is 21. The molecule has 11 aliphatic rings. The van der Waals surface area contributed by atoms with Crippen molar-refractivity contribution in [2.45, 2.75) is 434 Å². The molecular weight excluding hydrogens is 1870 g/mol. The molecule has 31 nitrogen and oxygen atoms in total. The summed E-state index contributed by atoms with van der Waals surface area (Å²) in [7, 11) is 12.0. The van der Waals surface area contributed by atoms with Gasteiger partial charge in [0.1, 0.15) is 0 Å². The summed E-state index contributed by atoms with van der Waals surface area (Å²) in [6.45, 7) is 66.2. The van der Waals surface area contributed by atoms with Crippen LogP contribution >= 0.6 is 0 Å². The van der Waals surface area contributed by atoms with E-state index in [4.69, 9.17) is 0 Å². The van der Waals surface area contributed by atoms with Crippen molar-refractivity contribution in [1.29, 1.82) is 0 Å². The van der Waals surface area contributed by atoms with Crippen LogP contribution in [-0.4, -0.2) is 277 Å². The van der Waals surface area contributed by atoms with Crippen LogP contribution in [-0.2, 0) is 87.5 Å². The molecule has 0 spiro atoms. The third kappa shape index (κ3) is 23.4. The third-order valence-corrected chi connectivity index (χ3v) is 39.0. The maximum Gasteiger partial charge on any atom is 0.328 e. The second-order valence-corrected chi connectivity index (χ2v) is 54.5. The number of hydrogen-bond donors (Lipinski definition) is 4. The van der Waals surface area contributed by atoms with Crippen molar-refractivity contribution >= 4 is 94.5 Å². The van der Waals surface area contributed by atoms with E-state index in [9.17, 15) is 76.7 Å². The van der Waals surface area contributed by atoms with Gasteiger partial charge in [-0.05, 0) is 317 Å². The first kappa shape index (κ1) is 119. The van der Waals surface area contributed by atoms with E-state index >= 15 is 0 Å². The van der Waals surface area contributed by atoms with Crippen molar-refractivity contribution in [3.05, 3.63) is 71.8 Å². The predicted octanol–water partition coefficient (Wildman–Crippen LogP) is 14.4. The van der Waals surface area contributed by atoms with Gasteiger partial charge in [-0.25, -0.2) is 10.9 Å². The SMILES string of the molecule is CC(C)CC1C(=O)N(NC(=O)C(=O)NC2CC(C)(C)N(C)C(C)(C)C2)C(=O)C1C(C)CC1C(=O)N(NC(=O)C(=O)NC2CC(C)(C)N(C)C(C)(C)C2)C(=O)C1C.CC1C(=O)N(C2CC(C)(C)N(C)C(C)(C)C2)C(=O)C1CC(C)(c1ccccc1)C1C(=O)N(C)C(=O)C1CC(C)(C)c1ccccc1.CCC(C)CC1C(=O)N(C2CC(C)(C)N(C)C(C)(C)C2)C(=O)C1C(CC)CC1C(=O)N(C2CC(C)(C)N(C)C(C)(C)C2)C(=O)C1C. The summed E-state index contributed by atoms with van der Waals surface area (Å²) in [5.41, 5.74) is 3.21. The molecule has 0 aromatic heterocycles. The van der Waals surface area contributed by atoms with Gasteiger partial charge in [0.05, 0.1) is 53.3 Å². The number of rotatable bonds is 26. The first-order valence-corrected chi connectivity index (χ1v) is 55.1. The highest BCUT2D eigenvalue weighted by Crippen LogP contribution is 2.56. The zero-order chi connectivity index (χ0) is 111. The molecule has 824 valence electrons. The van der Waals surface area contributed by atoms with Crippen molar-refractivity contribution in [2.75, 3.05) is 42.3 Å². The largest absolute Gasteiger partial charge is 0.345 e. The number of likely N-dealkylation sites (tertiary alicyclic amines) is 9. The zero-order valence-electron chi connectivity index (χ0n) is 97.1. The summed E-state index contributed by atoms with van der Waals surface area (Å²) in [5, 5.41) is 6.77. The standard InChI is InChI=1S/C40H66N8O8.C39H53N3O4.C38H66N4O4/c1-21(2)15-27-28(36(56)48(35(27)55)44-32(52)30(50)42-25-19-39(9,10)46(14)40(11,12)20-25)22(3)16-26-23(4)33(53)47(34(26)54)43-31(51)29(49)41-24-17-37(5,6)45(13)38(7,8)18-24;1-25-29(34(45)42(32(25)43)28-21-37(4,5)41(10)38(6,7)22-28)24-39(8,27-19-15-12-16-20-27)31-30(33(44)40(9)35(31)46)23-36(2,3)26-17-13-11-14-18-26;1-15-23(3)17-29-30(34(46)42(33(29)45)27-21-37(9,10)40(14)38(11,12)22-27)25(16-2)18-28-24(4)31(43)41(32(28)44)26-19-35(5,6)39(13)36(7,8)20-26/h21-28H,15-20H2,1-14H3,(H,41,49)(H,42,50)(H,43,51)(H,44,52);11-20,25,28-31H,21-24H2,1-10H3;23-30H,15-22H2,1-14H3. The first-order chi connectivity index (χ1) is 67.9. The number of piperidine rings is 5. The fraction of sp³-hybridized carbons (Fsp3) is 0.761. The molecule has 0 aliphatic carbocycles. The lowest BCUT2D eigenvalue weighted by atomic mass is 9.60. The summed E-state index contributed by atoms with van der Waals surface area (Å²) in [4.78, 5) is 238. The Morgan fingerprint density at radius 2 is 0.655 bits per heavy atom. The van der Waals surface area contributed by atoms with E-state index in [-0.39, 0.29) is 162 Å². The van der Waals surface area contributed by atoms with Crippen LogP contribution in [0.25, 0.3) is 0 Å². The number of carbonyl (C=O) groups is 16. The number of imide groups is 6. The molecule has 11 aliphatic heterocycles. The number of benzene rings is 2. The van der Waals surface area contributed by atoms with Gasteiger partial charge in [0.25, 0.3) is 23.6 Å². The van der Waals surface area contributed by atoms with Crippen molar-refractivity contribution < 1.29 is 76.7 Å². The Labute approximate surface area is 884 Å². The summed E-state index contributed by atoms with van der Waals surface area (Å²) in [6, 6.07) is 18.8. The van der Waals surface area contributed by atoms with Crippen molar-refractivity contribution in [1.82, 2.24) is 75.6 Å². The number of carbonyl (C=O) groups excluding carboxylic acids is 16. The molecule has 11 saturated heterocycles. The van der Waals surface area contributed by atoms with Gasteiger partial charge in [0, 0.05) is 116 Å².